The van der Waals surface area contributed by atoms with Gasteiger partial charge in [-0.3, -0.25) is 4.79 Å². The number of halogens is 1. The molecule has 0 atom stereocenters. The van der Waals surface area contributed by atoms with E-state index >= 15 is 0 Å². The van der Waals surface area contributed by atoms with Crippen LogP contribution in [0.15, 0.2) is 28.7 Å². The molecular weight excluding hydrogens is 306 g/mol. The minimum absolute atomic E-state index is 0.179. The molecule has 0 aliphatic rings. The van der Waals surface area contributed by atoms with Crippen molar-refractivity contribution >= 4 is 27.5 Å². The molecule has 98 valence electrons. The molecule has 1 amide bonds. The number of carbonyl (C=O) groups is 1. The van der Waals surface area contributed by atoms with Crippen LogP contribution in [-0.2, 0) is 0 Å². The van der Waals surface area contributed by atoms with Gasteiger partial charge in [0.05, 0.1) is 22.6 Å². The van der Waals surface area contributed by atoms with E-state index in [0.717, 1.165) is 21.4 Å². The smallest absolute Gasteiger partial charge is 0.257 e. The highest BCUT2D eigenvalue weighted by Gasteiger charge is 2.12. The van der Waals surface area contributed by atoms with Gasteiger partial charge in [0.25, 0.3) is 5.91 Å². The second-order valence-electron chi connectivity index (χ2n) is 4.42. The van der Waals surface area contributed by atoms with Gasteiger partial charge in [0.1, 0.15) is 0 Å². The Hall–Kier alpha value is -1.75. The zero-order chi connectivity index (χ0) is 14.0. The molecule has 0 spiro atoms. The molecule has 0 radical (unpaired) electrons. The van der Waals surface area contributed by atoms with Crippen molar-refractivity contribution in [2.75, 3.05) is 5.32 Å². The molecule has 0 saturated carbocycles. The molecule has 2 aromatic rings. The average molecular weight is 320 g/mol. The summed E-state index contributed by atoms with van der Waals surface area (Å²) < 4.78 is 0.850. The Morgan fingerprint density at radius 2 is 1.89 bits per heavy atom. The average Bonchev–Trinajstić information content (AvgIpc) is 2.36. The number of carbonyl (C=O) groups excluding carboxylic acids is 1. The first kappa shape index (κ1) is 13.7. The molecular formula is C14H14BrN3O. The molecule has 1 aromatic heterocycles. The lowest BCUT2D eigenvalue weighted by molar-refractivity contribution is 0.102. The predicted molar refractivity (Wildman–Crippen MR) is 78.3 cm³/mol. The van der Waals surface area contributed by atoms with Crippen molar-refractivity contribution in [1.29, 1.82) is 0 Å². The first-order chi connectivity index (χ1) is 8.97. The van der Waals surface area contributed by atoms with Crippen molar-refractivity contribution in [2.45, 2.75) is 20.8 Å². The summed E-state index contributed by atoms with van der Waals surface area (Å²) in [4.78, 5) is 12.3. The summed E-state index contributed by atoms with van der Waals surface area (Å²) in [5.41, 5.74) is 3.71. The van der Waals surface area contributed by atoms with Crippen LogP contribution in [0.1, 0.15) is 27.3 Å². The number of rotatable bonds is 2. The molecule has 5 heteroatoms. The third-order valence-electron chi connectivity index (χ3n) is 2.72. The van der Waals surface area contributed by atoms with Gasteiger partial charge in [-0.1, -0.05) is 6.07 Å². The number of aryl methyl sites for hydroxylation is 3. The second kappa shape index (κ2) is 5.48. The third-order valence-corrected chi connectivity index (χ3v) is 3.41. The Morgan fingerprint density at radius 3 is 2.63 bits per heavy atom. The predicted octanol–water partition coefficient (Wildman–Crippen LogP) is 3.42. The fraction of sp³-hybridized carbons (Fsp3) is 0.214. The van der Waals surface area contributed by atoms with E-state index in [9.17, 15) is 4.79 Å². The van der Waals surface area contributed by atoms with E-state index in [0.29, 0.717) is 11.3 Å². The molecule has 2 rings (SSSR count). The number of nitrogens with one attached hydrogen (secondary N) is 1. The van der Waals surface area contributed by atoms with E-state index in [2.05, 4.69) is 31.4 Å². The Morgan fingerprint density at radius 1 is 1.16 bits per heavy atom. The minimum atomic E-state index is -0.179. The molecule has 0 aliphatic heterocycles. The highest BCUT2D eigenvalue weighted by molar-refractivity contribution is 9.10. The van der Waals surface area contributed by atoms with Crippen LogP contribution in [-0.4, -0.2) is 16.1 Å². The van der Waals surface area contributed by atoms with Gasteiger partial charge in [0, 0.05) is 4.47 Å². The molecule has 1 N–H and O–H groups in total. The molecule has 0 unspecified atom stereocenters. The van der Waals surface area contributed by atoms with E-state index in [4.69, 9.17) is 0 Å². The first-order valence-corrected chi connectivity index (χ1v) is 6.65. The lowest BCUT2D eigenvalue weighted by atomic mass is 10.1. The van der Waals surface area contributed by atoms with Gasteiger partial charge >= 0.3 is 0 Å². The third kappa shape index (κ3) is 3.17. The Bertz CT molecular complexity index is 641. The summed E-state index contributed by atoms with van der Waals surface area (Å²) in [5.74, 6) is -0.179. The van der Waals surface area contributed by atoms with Gasteiger partial charge < -0.3 is 5.32 Å². The SMILES string of the molecule is Cc1ccc(Br)c(NC(=O)c2cc(C)nnc2C)c1. The first-order valence-electron chi connectivity index (χ1n) is 5.86. The van der Waals surface area contributed by atoms with Crippen LogP contribution >= 0.6 is 15.9 Å². The van der Waals surface area contributed by atoms with Gasteiger partial charge in [-0.05, 0) is 60.5 Å². The Kier molecular flexibility index (Phi) is 3.95. The molecule has 19 heavy (non-hydrogen) atoms. The lowest BCUT2D eigenvalue weighted by Crippen LogP contribution is -2.15. The number of nitrogens with zero attached hydrogens (tertiary/aromatic N) is 2. The van der Waals surface area contributed by atoms with Crippen molar-refractivity contribution in [1.82, 2.24) is 10.2 Å². The number of hydrogen-bond donors (Lipinski definition) is 1. The van der Waals surface area contributed by atoms with Crippen LogP contribution in [0, 0.1) is 20.8 Å². The number of amides is 1. The van der Waals surface area contributed by atoms with E-state index in [1.54, 1.807) is 13.0 Å². The highest BCUT2D eigenvalue weighted by atomic mass is 79.9. The molecule has 0 fully saturated rings. The molecule has 4 nitrogen and oxygen atoms in total. The maximum atomic E-state index is 12.3. The molecule has 1 aromatic carbocycles. The van der Waals surface area contributed by atoms with Crippen LogP contribution in [0.25, 0.3) is 0 Å². The topological polar surface area (TPSA) is 54.9 Å². The van der Waals surface area contributed by atoms with Crippen molar-refractivity contribution in [3.63, 3.8) is 0 Å². The van der Waals surface area contributed by atoms with Crippen molar-refractivity contribution < 1.29 is 4.79 Å². The highest BCUT2D eigenvalue weighted by Crippen LogP contribution is 2.24. The largest absolute Gasteiger partial charge is 0.321 e. The summed E-state index contributed by atoms with van der Waals surface area (Å²) in [6, 6.07) is 7.54. The van der Waals surface area contributed by atoms with Crippen LogP contribution in [0.2, 0.25) is 0 Å². The summed E-state index contributed by atoms with van der Waals surface area (Å²) in [5, 5.41) is 10.8. The van der Waals surface area contributed by atoms with Crippen LogP contribution in [0.4, 0.5) is 5.69 Å². The quantitative estimate of drug-likeness (QED) is 0.922. The summed E-state index contributed by atoms with van der Waals surface area (Å²) in [6.45, 7) is 5.56. The normalized spacial score (nSPS) is 10.3. The van der Waals surface area contributed by atoms with Gasteiger partial charge in [-0.15, -0.1) is 0 Å². The molecule has 1 heterocycles. The van der Waals surface area contributed by atoms with Crippen molar-refractivity contribution in [3.05, 3.63) is 51.3 Å². The zero-order valence-corrected chi connectivity index (χ0v) is 12.6. The van der Waals surface area contributed by atoms with E-state index < -0.39 is 0 Å². The van der Waals surface area contributed by atoms with Crippen LogP contribution < -0.4 is 5.32 Å². The summed E-state index contributed by atoms with van der Waals surface area (Å²) in [7, 11) is 0. The van der Waals surface area contributed by atoms with Gasteiger partial charge in [-0.2, -0.15) is 10.2 Å². The standard InChI is InChI=1S/C14H14BrN3O/c1-8-4-5-12(15)13(6-8)16-14(19)11-7-9(2)17-18-10(11)3/h4-7H,1-3H3,(H,16,19). The van der Waals surface area contributed by atoms with Gasteiger partial charge in [0.15, 0.2) is 0 Å². The second-order valence-corrected chi connectivity index (χ2v) is 5.28. The molecule has 0 aliphatic carbocycles. The van der Waals surface area contributed by atoms with Crippen molar-refractivity contribution in [3.8, 4) is 0 Å². The number of benzene rings is 1. The van der Waals surface area contributed by atoms with E-state index in [-0.39, 0.29) is 5.91 Å². The maximum Gasteiger partial charge on any atom is 0.257 e. The monoisotopic (exact) mass is 319 g/mol. The van der Waals surface area contributed by atoms with Crippen LogP contribution in [0.5, 0.6) is 0 Å². The Balaban J connectivity index is 2.30. The van der Waals surface area contributed by atoms with Crippen molar-refractivity contribution in [2.24, 2.45) is 0 Å². The van der Waals surface area contributed by atoms with E-state index in [1.807, 2.05) is 32.0 Å². The zero-order valence-electron chi connectivity index (χ0n) is 11.0. The summed E-state index contributed by atoms with van der Waals surface area (Å²) >= 11 is 3.42. The minimum Gasteiger partial charge on any atom is -0.321 e. The number of anilines is 1. The summed E-state index contributed by atoms with van der Waals surface area (Å²) in [6.07, 6.45) is 0. The number of hydrogen-bond acceptors (Lipinski definition) is 3. The van der Waals surface area contributed by atoms with E-state index in [1.165, 1.54) is 0 Å². The van der Waals surface area contributed by atoms with Gasteiger partial charge in [-0.25, -0.2) is 0 Å². The fourth-order valence-electron chi connectivity index (χ4n) is 1.70. The van der Waals surface area contributed by atoms with Gasteiger partial charge in [0.2, 0.25) is 0 Å². The molecule has 0 saturated heterocycles. The molecule has 0 bridgehead atoms. The Labute approximate surface area is 120 Å². The lowest BCUT2D eigenvalue weighted by Gasteiger charge is -2.09. The maximum absolute atomic E-state index is 12.3. The van der Waals surface area contributed by atoms with Crippen LogP contribution in [0.3, 0.4) is 0 Å². The fourth-order valence-corrected chi connectivity index (χ4v) is 2.05. The number of aromatic nitrogens is 2.